The van der Waals surface area contributed by atoms with E-state index < -0.39 is 6.03 Å². The molecule has 0 saturated carbocycles. The number of ether oxygens (including phenoxy) is 1. The number of hydrogen-bond donors (Lipinski definition) is 2. The van der Waals surface area contributed by atoms with Crippen LogP contribution in [0.25, 0.3) is 0 Å². The van der Waals surface area contributed by atoms with E-state index in [1.807, 2.05) is 19.1 Å². The molecule has 0 aromatic heterocycles. The normalized spacial score (nSPS) is 9.38. The Morgan fingerprint density at radius 2 is 2.23 bits per heavy atom. The number of urea groups is 1. The van der Waals surface area contributed by atoms with Gasteiger partial charge in [0.2, 0.25) is 0 Å². The van der Waals surface area contributed by atoms with E-state index in [1.54, 1.807) is 13.2 Å². The van der Waals surface area contributed by atoms with Gasteiger partial charge in [-0.05, 0) is 18.6 Å². The number of hydrogen-bond acceptors (Lipinski definition) is 2. The monoisotopic (exact) mass is 180 g/mol. The highest BCUT2D eigenvalue weighted by Crippen LogP contribution is 2.27. The molecular weight excluding hydrogens is 168 g/mol. The number of nitrogens with one attached hydrogen (secondary N) is 1. The number of carbonyl (C=O) groups is 1. The van der Waals surface area contributed by atoms with Gasteiger partial charge in [0.1, 0.15) is 5.75 Å². The van der Waals surface area contributed by atoms with Crippen molar-refractivity contribution >= 4 is 11.7 Å². The minimum atomic E-state index is -0.594. The molecule has 0 heterocycles. The number of para-hydroxylation sites is 1. The maximum Gasteiger partial charge on any atom is 0.316 e. The van der Waals surface area contributed by atoms with Gasteiger partial charge in [-0.2, -0.15) is 0 Å². The maximum absolute atomic E-state index is 10.6. The Morgan fingerprint density at radius 3 is 2.77 bits per heavy atom. The van der Waals surface area contributed by atoms with Crippen molar-refractivity contribution in [1.82, 2.24) is 0 Å². The summed E-state index contributed by atoms with van der Waals surface area (Å²) in [6, 6.07) is 4.86. The first-order chi connectivity index (χ1) is 6.15. The lowest BCUT2D eigenvalue weighted by Gasteiger charge is -2.10. The Bertz CT molecular complexity index is 323. The lowest BCUT2D eigenvalue weighted by molar-refractivity contribution is 0.259. The third-order valence-corrected chi connectivity index (χ3v) is 1.67. The average molecular weight is 180 g/mol. The summed E-state index contributed by atoms with van der Waals surface area (Å²) < 4.78 is 5.11. The first kappa shape index (κ1) is 9.38. The molecule has 13 heavy (non-hydrogen) atoms. The summed E-state index contributed by atoms with van der Waals surface area (Å²) in [5.74, 6) is 0.640. The van der Waals surface area contributed by atoms with Crippen LogP contribution in [0.15, 0.2) is 18.2 Å². The topological polar surface area (TPSA) is 64.3 Å². The second-order valence-corrected chi connectivity index (χ2v) is 2.64. The van der Waals surface area contributed by atoms with E-state index >= 15 is 0 Å². The average Bonchev–Trinajstić information content (AvgIpc) is 2.03. The fourth-order valence-electron chi connectivity index (χ4n) is 1.15. The van der Waals surface area contributed by atoms with Crippen LogP contribution in [-0.2, 0) is 0 Å². The van der Waals surface area contributed by atoms with Crippen LogP contribution < -0.4 is 15.8 Å². The number of methoxy groups -OCH3 is 1. The summed E-state index contributed by atoms with van der Waals surface area (Å²) in [6.45, 7) is 1.89. The van der Waals surface area contributed by atoms with Gasteiger partial charge in [-0.3, -0.25) is 0 Å². The fraction of sp³-hybridized carbons (Fsp3) is 0.222. The molecule has 4 nitrogen and oxygen atoms in total. The number of benzene rings is 1. The van der Waals surface area contributed by atoms with Gasteiger partial charge in [0.25, 0.3) is 0 Å². The third-order valence-electron chi connectivity index (χ3n) is 1.67. The number of anilines is 1. The third kappa shape index (κ3) is 2.11. The van der Waals surface area contributed by atoms with Gasteiger partial charge in [0, 0.05) is 0 Å². The fourth-order valence-corrected chi connectivity index (χ4v) is 1.15. The highest BCUT2D eigenvalue weighted by atomic mass is 16.5. The van der Waals surface area contributed by atoms with E-state index in [-0.39, 0.29) is 0 Å². The van der Waals surface area contributed by atoms with E-state index in [0.717, 1.165) is 5.56 Å². The zero-order valence-electron chi connectivity index (χ0n) is 7.63. The SMILES string of the molecule is COc1c(C)cccc1NC(N)=O. The van der Waals surface area contributed by atoms with Crippen molar-refractivity contribution in [1.29, 1.82) is 0 Å². The lowest BCUT2D eigenvalue weighted by Crippen LogP contribution is -2.19. The Kier molecular flexibility index (Phi) is 2.74. The molecule has 3 N–H and O–H groups in total. The Hall–Kier alpha value is -1.71. The minimum Gasteiger partial charge on any atom is -0.494 e. The molecule has 0 spiro atoms. The molecule has 0 bridgehead atoms. The molecule has 0 aliphatic heterocycles. The van der Waals surface area contributed by atoms with Gasteiger partial charge in [0.15, 0.2) is 0 Å². The second-order valence-electron chi connectivity index (χ2n) is 2.64. The van der Waals surface area contributed by atoms with Crippen molar-refractivity contribution in [3.8, 4) is 5.75 Å². The molecule has 0 aliphatic rings. The zero-order valence-corrected chi connectivity index (χ0v) is 7.63. The molecule has 0 fully saturated rings. The molecule has 4 heteroatoms. The molecule has 0 saturated heterocycles. The van der Waals surface area contributed by atoms with Gasteiger partial charge in [-0.1, -0.05) is 12.1 Å². The van der Waals surface area contributed by atoms with Crippen molar-refractivity contribution < 1.29 is 9.53 Å². The van der Waals surface area contributed by atoms with Crippen LogP contribution in [0.5, 0.6) is 5.75 Å². The van der Waals surface area contributed by atoms with Crippen molar-refractivity contribution in [2.24, 2.45) is 5.73 Å². The number of aryl methyl sites for hydroxylation is 1. The highest BCUT2D eigenvalue weighted by Gasteiger charge is 2.06. The van der Waals surface area contributed by atoms with Crippen molar-refractivity contribution in [2.75, 3.05) is 12.4 Å². The van der Waals surface area contributed by atoms with E-state index in [0.29, 0.717) is 11.4 Å². The van der Waals surface area contributed by atoms with Crippen molar-refractivity contribution in [3.05, 3.63) is 23.8 Å². The smallest absolute Gasteiger partial charge is 0.316 e. The van der Waals surface area contributed by atoms with Gasteiger partial charge >= 0.3 is 6.03 Å². The maximum atomic E-state index is 10.6. The summed E-state index contributed by atoms with van der Waals surface area (Å²) in [5, 5.41) is 2.48. The van der Waals surface area contributed by atoms with E-state index in [4.69, 9.17) is 10.5 Å². The van der Waals surface area contributed by atoms with Crippen LogP contribution in [0.4, 0.5) is 10.5 Å². The number of rotatable bonds is 2. The van der Waals surface area contributed by atoms with Gasteiger partial charge in [-0.15, -0.1) is 0 Å². The van der Waals surface area contributed by atoms with Crippen molar-refractivity contribution in [2.45, 2.75) is 6.92 Å². The van der Waals surface area contributed by atoms with E-state index in [9.17, 15) is 4.79 Å². The molecule has 1 rings (SSSR count). The molecule has 1 aromatic carbocycles. The van der Waals surface area contributed by atoms with E-state index in [1.165, 1.54) is 0 Å². The molecule has 0 unspecified atom stereocenters. The van der Waals surface area contributed by atoms with Crippen LogP contribution in [0.1, 0.15) is 5.56 Å². The standard InChI is InChI=1S/C9H12N2O2/c1-6-4-3-5-7(8(6)13-2)11-9(10)12/h3-5H,1-2H3,(H3,10,11,12). The number of primary amides is 1. The Balaban J connectivity index is 3.05. The van der Waals surface area contributed by atoms with Crippen LogP contribution in [0.2, 0.25) is 0 Å². The molecule has 1 aromatic rings. The highest BCUT2D eigenvalue weighted by molar-refractivity contribution is 5.89. The molecule has 0 radical (unpaired) electrons. The first-order valence-electron chi connectivity index (χ1n) is 3.85. The first-order valence-corrected chi connectivity index (χ1v) is 3.85. The van der Waals surface area contributed by atoms with Crippen LogP contribution >= 0.6 is 0 Å². The largest absolute Gasteiger partial charge is 0.494 e. The van der Waals surface area contributed by atoms with Gasteiger partial charge in [0.05, 0.1) is 12.8 Å². The van der Waals surface area contributed by atoms with Gasteiger partial charge in [-0.25, -0.2) is 4.79 Å². The summed E-state index contributed by atoms with van der Waals surface area (Å²) in [5.41, 5.74) is 6.54. The molecule has 0 atom stereocenters. The van der Waals surface area contributed by atoms with E-state index in [2.05, 4.69) is 5.32 Å². The lowest BCUT2D eigenvalue weighted by atomic mass is 10.2. The number of nitrogens with two attached hydrogens (primary N) is 1. The zero-order chi connectivity index (χ0) is 9.84. The molecule has 70 valence electrons. The summed E-state index contributed by atoms with van der Waals surface area (Å²) >= 11 is 0. The predicted molar refractivity (Wildman–Crippen MR) is 50.9 cm³/mol. The van der Waals surface area contributed by atoms with Crippen LogP contribution in [-0.4, -0.2) is 13.1 Å². The van der Waals surface area contributed by atoms with Crippen LogP contribution in [0.3, 0.4) is 0 Å². The molecule has 2 amide bonds. The van der Waals surface area contributed by atoms with Crippen LogP contribution in [0, 0.1) is 6.92 Å². The summed E-state index contributed by atoms with van der Waals surface area (Å²) in [6.07, 6.45) is 0. The number of carbonyl (C=O) groups excluding carboxylic acids is 1. The predicted octanol–water partition coefficient (Wildman–Crippen LogP) is 1.49. The summed E-state index contributed by atoms with van der Waals surface area (Å²) in [4.78, 5) is 10.6. The molecular formula is C9H12N2O2. The quantitative estimate of drug-likeness (QED) is 0.724. The van der Waals surface area contributed by atoms with Crippen molar-refractivity contribution in [3.63, 3.8) is 0 Å². The second kappa shape index (κ2) is 3.80. The van der Waals surface area contributed by atoms with Gasteiger partial charge < -0.3 is 15.8 Å². The Labute approximate surface area is 76.7 Å². The Morgan fingerprint density at radius 1 is 1.54 bits per heavy atom. The minimum absolute atomic E-state index is 0.593. The summed E-state index contributed by atoms with van der Waals surface area (Å²) in [7, 11) is 1.55. The molecule has 0 aliphatic carbocycles. The number of amides is 2.